The van der Waals surface area contributed by atoms with E-state index >= 15 is 0 Å². The standard InChI is InChI=1S/C27H34O5/c1-30-24-16-14-22(15-17-24)20-31-25(11-6-5-10-21-8-3-2-4-9-21)18-23(28)19-26-12-7-13-27(29)32-26/h2-4,7-9,13-17,23,25-26,28H,5-6,10-12,18-20H2,1H3/t23-,25-,26+/m0/s1. The van der Waals surface area contributed by atoms with Crippen LogP contribution in [0, 0.1) is 0 Å². The van der Waals surface area contributed by atoms with Gasteiger partial charge in [-0.3, -0.25) is 0 Å². The maximum Gasteiger partial charge on any atom is 0.330 e. The summed E-state index contributed by atoms with van der Waals surface area (Å²) in [4.78, 5) is 11.4. The molecule has 0 saturated carbocycles. The number of aliphatic hydroxyl groups excluding tert-OH is 1. The Kier molecular flexibility index (Phi) is 9.79. The van der Waals surface area contributed by atoms with E-state index in [0.29, 0.717) is 25.9 Å². The van der Waals surface area contributed by atoms with Crippen molar-refractivity contribution in [1.82, 2.24) is 0 Å². The number of rotatable bonds is 13. The SMILES string of the molecule is COc1ccc(CO[C@@H](CCCCc2ccccc2)C[C@H](O)C[C@H]2CC=CC(=O)O2)cc1. The van der Waals surface area contributed by atoms with Crippen LogP contribution in [-0.2, 0) is 27.3 Å². The van der Waals surface area contributed by atoms with Crippen LogP contribution in [0.4, 0.5) is 0 Å². The van der Waals surface area contributed by atoms with Crippen molar-refractivity contribution in [1.29, 1.82) is 0 Å². The smallest absolute Gasteiger partial charge is 0.330 e. The molecule has 2 aromatic rings. The Balaban J connectivity index is 1.49. The maximum absolute atomic E-state index is 11.4. The van der Waals surface area contributed by atoms with Gasteiger partial charge in [-0.25, -0.2) is 4.79 Å². The molecule has 1 N–H and O–H groups in total. The Bertz CT molecular complexity index is 831. The molecule has 5 heteroatoms. The average Bonchev–Trinajstić information content (AvgIpc) is 2.81. The number of carbonyl (C=O) groups excluding carboxylic acids is 1. The van der Waals surface area contributed by atoms with Gasteiger partial charge >= 0.3 is 5.97 Å². The zero-order chi connectivity index (χ0) is 22.6. The van der Waals surface area contributed by atoms with E-state index in [4.69, 9.17) is 14.2 Å². The first-order valence-corrected chi connectivity index (χ1v) is 11.5. The van der Waals surface area contributed by atoms with Crippen molar-refractivity contribution in [2.75, 3.05) is 7.11 Å². The monoisotopic (exact) mass is 438 g/mol. The Morgan fingerprint density at radius 2 is 1.84 bits per heavy atom. The van der Waals surface area contributed by atoms with Crippen LogP contribution in [0.5, 0.6) is 5.75 Å². The average molecular weight is 439 g/mol. The van der Waals surface area contributed by atoms with Crippen molar-refractivity contribution in [2.45, 2.75) is 69.9 Å². The highest BCUT2D eigenvalue weighted by Crippen LogP contribution is 2.21. The number of ether oxygens (including phenoxy) is 3. The van der Waals surface area contributed by atoms with Gasteiger partial charge in [0.2, 0.25) is 0 Å². The first-order chi connectivity index (χ1) is 15.6. The number of benzene rings is 2. The third-order valence-electron chi connectivity index (χ3n) is 5.73. The van der Waals surface area contributed by atoms with Gasteiger partial charge in [0.25, 0.3) is 0 Å². The highest BCUT2D eigenvalue weighted by molar-refractivity contribution is 5.82. The van der Waals surface area contributed by atoms with E-state index in [0.717, 1.165) is 37.0 Å². The van der Waals surface area contributed by atoms with Crippen LogP contribution in [0.25, 0.3) is 0 Å². The molecule has 1 aliphatic heterocycles. The molecule has 0 aromatic heterocycles. The summed E-state index contributed by atoms with van der Waals surface area (Å²) in [5, 5.41) is 10.6. The number of cyclic esters (lactones) is 1. The number of aliphatic hydroxyl groups is 1. The molecular formula is C27H34O5. The first kappa shape index (κ1) is 24.0. The minimum Gasteiger partial charge on any atom is -0.497 e. The van der Waals surface area contributed by atoms with Crippen LogP contribution in [0.1, 0.15) is 49.7 Å². The highest BCUT2D eigenvalue weighted by atomic mass is 16.5. The maximum atomic E-state index is 11.4. The lowest BCUT2D eigenvalue weighted by Gasteiger charge is -2.25. The zero-order valence-electron chi connectivity index (χ0n) is 18.8. The number of unbranched alkanes of at least 4 members (excludes halogenated alkanes) is 1. The molecule has 2 aromatic carbocycles. The molecule has 172 valence electrons. The molecule has 1 heterocycles. The summed E-state index contributed by atoms with van der Waals surface area (Å²) < 4.78 is 16.7. The first-order valence-electron chi connectivity index (χ1n) is 11.5. The lowest BCUT2D eigenvalue weighted by Crippen LogP contribution is -2.28. The van der Waals surface area contributed by atoms with Crippen LogP contribution < -0.4 is 4.74 Å². The van der Waals surface area contributed by atoms with Crippen molar-refractivity contribution < 1.29 is 24.1 Å². The molecule has 0 radical (unpaired) electrons. The number of hydrogen-bond donors (Lipinski definition) is 1. The predicted molar refractivity (Wildman–Crippen MR) is 124 cm³/mol. The van der Waals surface area contributed by atoms with Gasteiger partial charge in [-0.1, -0.05) is 55.0 Å². The van der Waals surface area contributed by atoms with E-state index in [1.165, 1.54) is 11.6 Å². The molecule has 0 spiro atoms. The van der Waals surface area contributed by atoms with Gasteiger partial charge in [-0.15, -0.1) is 0 Å². The quantitative estimate of drug-likeness (QED) is 0.352. The van der Waals surface area contributed by atoms with Crippen molar-refractivity contribution in [2.24, 2.45) is 0 Å². The molecule has 3 rings (SSSR count). The minimum absolute atomic E-state index is 0.0577. The second kappa shape index (κ2) is 13.0. The molecule has 0 fully saturated rings. The Labute approximate surface area is 191 Å². The minimum atomic E-state index is -0.575. The molecule has 0 amide bonds. The van der Waals surface area contributed by atoms with Gasteiger partial charge in [0, 0.05) is 18.9 Å². The van der Waals surface area contributed by atoms with E-state index in [2.05, 4.69) is 24.3 Å². The highest BCUT2D eigenvalue weighted by Gasteiger charge is 2.22. The number of carbonyl (C=O) groups is 1. The fourth-order valence-electron chi connectivity index (χ4n) is 3.97. The van der Waals surface area contributed by atoms with Crippen molar-refractivity contribution in [3.63, 3.8) is 0 Å². The van der Waals surface area contributed by atoms with Crippen molar-refractivity contribution >= 4 is 5.97 Å². The third-order valence-corrected chi connectivity index (χ3v) is 5.73. The molecule has 3 atom stereocenters. The summed E-state index contributed by atoms with van der Waals surface area (Å²) in [6.45, 7) is 0.487. The summed E-state index contributed by atoms with van der Waals surface area (Å²) in [5.74, 6) is 0.486. The summed E-state index contributed by atoms with van der Waals surface area (Å²) >= 11 is 0. The fraction of sp³-hybridized carbons (Fsp3) is 0.444. The topological polar surface area (TPSA) is 65.0 Å². The Morgan fingerprint density at radius 1 is 1.06 bits per heavy atom. The summed E-state index contributed by atoms with van der Waals surface area (Å²) in [6, 6.07) is 18.3. The second-order valence-electron chi connectivity index (χ2n) is 8.33. The Hall–Kier alpha value is -2.63. The lowest BCUT2D eigenvalue weighted by atomic mass is 9.98. The van der Waals surface area contributed by atoms with E-state index < -0.39 is 6.10 Å². The molecular weight excluding hydrogens is 404 g/mol. The van der Waals surface area contributed by atoms with Gasteiger partial charge in [0.05, 0.1) is 25.9 Å². The van der Waals surface area contributed by atoms with Gasteiger partial charge < -0.3 is 19.3 Å². The normalized spacial score (nSPS) is 17.6. The largest absolute Gasteiger partial charge is 0.497 e. The molecule has 0 saturated heterocycles. The number of hydrogen-bond acceptors (Lipinski definition) is 5. The van der Waals surface area contributed by atoms with Gasteiger partial charge in [0.15, 0.2) is 0 Å². The van der Waals surface area contributed by atoms with E-state index in [-0.39, 0.29) is 18.2 Å². The summed E-state index contributed by atoms with van der Waals surface area (Å²) in [7, 11) is 1.65. The van der Waals surface area contributed by atoms with Crippen LogP contribution in [0.3, 0.4) is 0 Å². The van der Waals surface area contributed by atoms with Crippen LogP contribution in [-0.4, -0.2) is 36.5 Å². The molecule has 0 unspecified atom stereocenters. The third kappa shape index (κ3) is 8.48. The lowest BCUT2D eigenvalue weighted by molar-refractivity contribution is -0.145. The summed E-state index contributed by atoms with van der Waals surface area (Å²) in [6.07, 6.45) is 7.99. The molecule has 1 aliphatic rings. The number of aryl methyl sites for hydroxylation is 1. The number of esters is 1. The van der Waals surface area contributed by atoms with Crippen LogP contribution >= 0.6 is 0 Å². The fourth-order valence-corrected chi connectivity index (χ4v) is 3.97. The molecule has 0 bridgehead atoms. The van der Waals surface area contributed by atoms with E-state index in [1.54, 1.807) is 7.11 Å². The van der Waals surface area contributed by atoms with Crippen molar-refractivity contribution in [3.8, 4) is 5.75 Å². The molecule has 0 aliphatic carbocycles. The second-order valence-corrected chi connectivity index (χ2v) is 8.33. The zero-order valence-corrected chi connectivity index (χ0v) is 18.8. The predicted octanol–water partition coefficient (Wildman–Crippen LogP) is 5.01. The molecule has 32 heavy (non-hydrogen) atoms. The van der Waals surface area contributed by atoms with E-state index in [1.807, 2.05) is 36.4 Å². The van der Waals surface area contributed by atoms with Gasteiger partial charge in [-0.05, 0) is 48.9 Å². The van der Waals surface area contributed by atoms with Gasteiger partial charge in [-0.2, -0.15) is 0 Å². The van der Waals surface area contributed by atoms with Crippen LogP contribution in [0.2, 0.25) is 0 Å². The number of methoxy groups -OCH3 is 1. The summed E-state index contributed by atoms with van der Waals surface area (Å²) in [5.41, 5.74) is 2.41. The van der Waals surface area contributed by atoms with Crippen LogP contribution in [0.15, 0.2) is 66.7 Å². The Morgan fingerprint density at radius 3 is 2.56 bits per heavy atom. The van der Waals surface area contributed by atoms with Crippen molar-refractivity contribution in [3.05, 3.63) is 77.9 Å². The molecule has 5 nitrogen and oxygen atoms in total. The van der Waals surface area contributed by atoms with E-state index in [9.17, 15) is 9.90 Å². The van der Waals surface area contributed by atoms with Gasteiger partial charge in [0.1, 0.15) is 11.9 Å².